The van der Waals surface area contributed by atoms with Gasteiger partial charge in [-0.05, 0) is 65.4 Å². The summed E-state index contributed by atoms with van der Waals surface area (Å²) in [6, 6.07) is 9.80. The Labute approximate surface area is 204 Å². The van der Waals surface area contributed by atoms with Crippen LogP contribution in [0.5, 0.6) is 0 Å². The predicted octanol–water partition coefficient (Wildman–Crippen LogP) is 2.97. The third kappa shape index (κ3) is 3.61. The van der Waals surface area contributed by atoms with Crippen molar-refractivity contribution in [2.24, 2.45) is 5.41 Å². The highest BCUT2D eigenvalue weighted by Gasteiger charge is 2.57. The van der Waals surface area contributed by atoms with Crippen molar-refractivity contribution in [2.75, 3.05) is 25.2 Å². The molecule has 34 heavy (non-hydrogen) atoms. The monoisotopic (exact) mass is 526 g/mol. The molecule has 0 radical (unpaired) electrons. The molecule has 0 amide bonds. The molecule has 3 atom stereocenters. The van der Waals surface area contributed by atoms with Crippen molar-refractivity contribution in [2.45, 2.75) is 37.5 Å². The van der Waals surface area contributed by atoms with E-state index in [1.54, 1.807) is 23.9 Å². The quantitative estimate of drug-likeness (QED) is 0.300. The summed E-state index contributed by atoms with van der Waals surface area (Å²) >= 11 is 3.42. The summed E-state index contributed by atoms with van der Waals surface area (Å²) in [5.41, 5.74) is 12.1. The van der Waals surface area contributed by atoms with Crippen molar-refractivity contribution >= 4 is 49.5 Å². The highest BCUT2D eigenvalue weighted by atomic mass is 79.9. The molecular formula is C24H27BrN6O3. The molecule has 0 bridgehead atoms. The second-order valence-electron chi connectivity index (χ2n) is 9.14. The van der Waals surface area contributed by atoms with Crippen LogP contribution in [-0.2, 0) is 16.9 Å². The molecule has 0 saturated heterocycles. The van der Waals surface area contributed by atoms with Crippen LogP contribution in [0.4, 0.5) is 11.6 Å². The highest BCUT2D eigenvalue weighted by molar-refractivity contribution is 9.10. The summed E-state index contributed by atoms with van der Waals surface area (Å²) in [4.78, 5) is 12.8. The first-order valence-corrected chi connectivity index (χ1v) is 11.9. The average molecular weight is 527 g/mol. The fraction of sp³-hybridized carbons (Fsp3) is 0.375. The first-order valence-electron chi connectivity index (χ1n) is 11.1. The number of anilines is 2. The molecular weight excluding hydrogens is 500 g/mol. The third-order valence-corrected chi connectivity index (χ3v) is 7.78. The molecule has 9 nitrogen and oxygen atoms in total. The fourth-order valence-electron chi connectivity index (χ4n) is 5.26. The summed E-state index contributed by atoms with van der Waals surface area (Å²) in [6.07, 6.45) is 4.25. The maximum atomic E-state index is 11.7. The summed E-state index contributed by atoms with van der Waals surface area (Å²) in [5.74, 6) is 0.778. The lowest BCUT2D eigenvalue weighted by atomic mass is 9.78. The largest absolute Gasteiger partial charge is 0.387 e. The average Bonchev–Trinajstić information content (AvgIpc) is 3.36. The fourth-order valence-corrected chi connectivity index (χ4v) is 5.59. The number of fused-ring (bicyclic) bond motifs is 2. The van der Waals surface area contributed by atoms with Crippen LogP contribution in [0, 0.1) is 5.41 Å². The van der Waals surface area contributed by atoms with E-state index in [0.717, 1.165) is 20.9 Å². The van der Waals surface area contributed by atoms with Crippen LogP contribution in [0.3, 0.4) is 0 Å². The van der Waals surface area contributed by atoms with Crippen molar-refractivity contribution in [3.05, 3.63) is 52.9 Å². The standard InChI is InChI=1S/C24H27BrN6O3/c1-34-12-23(6-4-14-2-3-15-11-17(25)20(27)30-18(15)10-14)7-8-24(33,22(23)32)31-9-5-16-19(26)28-13-29-21(16)31/h2-3,5,9-11,13,22,32-33H,4,6-8,12H2,1H3,(H2,27,30)(H2,26,28,29)/t22-,23+,24-/m1/s1. The molecule has 178 valence electrons. The topological polar surface area (TPSA) is 145 Å². The van der Waals surface area contributed by atoms with Gasteiger partial charge >= 0.3 is 0 Å². The molecule has 1 aliphatic carbocycles. The van der Waals surface area contributed by atoms with Gasteiger partial charge in [-0.3, -0.25) is 0 Å². The van der Waals surface area contributed by atoms with E-state index in [9.17, 15) is 10.2 Å². The lowest BCUT2D eigenvalue weighted by Gasteiger charge is -2.37. The van der Waals surface area contributed by atoms with E-state index in [4.69, 9.17) is 16.2 Å². The van der Waals surface area contributed by atoms with Gasteiger partial charge in [-0.25, -0.2) is 15.0 Å². The second-order valence-corrected chi connectivity index (χ2v) is 10.00. The number of hydrogen-bond acceptors (Lipinski definition) is 8. The summed E-state index contributed by atoms with van der Waals surface area (Å²) in [6.45, 7) is 0.318. The number of aliphatic hydroxyl groups is 2. The number of benzene rings is 1. The van der Waals surface area contributed by atoms with Gasteiger partial charge in [-0.2, -0.15) is 0 Å². The summed E-state index contributed by atoms with van der Waals surface area (Å²) in [7, 11) is 1.62. The number of rotatable bonds is 6. The van der Waals surface area contributed by atoms with Gasteiger partial charge in [0, 0.05) is 24.1 Å². The lowest BCUT2D eigenvalue weighted by molar-refractivity contribution is -0.153. The Morgan fingerprint density at radius 3 is 2.79 bits per heavy atom. The molecule has 3 aromatic heterocycles. The van der Waals surface area contributed by atoms with Crippen molar-refractivity contribution < 1.29 is 14.9 Å². The van der Waals surface area contributed by atoms with Gasteiger partial charge in [0.1, 0.15) is 29.7 Å². The Bertz CT molecular complexity index is 1380. The van der Waals surface area contributed by atoms with Gasteiger partial charge in [-0.15, -0.1) is 0 Å². The normalized spacial score (nSPS) is 24.9. The number of aryl methyl sites for hydroxylation is 1. The summed E-state index contributed by atoms with van der Waals surface area (Å²) < 4.78 is 7.93. The Morgan fingerprint density at radius 1 is 1.18 bits per heavy atom. The minimum atomic E-state index is -1.53. The number of halogens is 1. The number of nitrogen functional groups attached to an aromatic ring is 2. The van der Waals surface area contributed by atoms with E-state index >= 15 is 0 Å². The molecule has 1 fully saturated rings. The van der Waals surface area contributed by atoms with Crippen molar-refractivity contribution in [1.82, 2.24) is 19.5 Å². The molecule has 1 aliphatic rings. The van der Waals surface area contributed by atoms with Crippen LogP contribution in [0.15, 0.2) is 47.3 Å². The van der Waals surface area contributed by atoms with E-state index in [1.165, 1.54) is 6.33 Å². The van der Waals surface area contributed by atoms with Gasteiger partial charge in [0.05, 0.1) is 22.0 Å². The molecule has 0 unspecified atom stereocenters. The van der Waals surface area contributed by atoms with Crippen LogP contribution in [0.1, 0.15) is 24.8 Å². The van der Waals surface area contributed by atoms with Gasteiger partial charge < -0.3 is 31.0 Å². The number of hydrogen-bond donors (Lipinski definition) is 4. The van der Waals surface area contributed by atoms with Gasteiger partial charge in [-0.1, -0.05) is 12.1 Å². The first-order chi connectivity index (χ1) is 16.3. The number of nitrogens with zero attached hydrogens (tertiary/aromatic N) is 4. The number of aromatic nitrogens is 4. The zero-order valence-electron chi connectivity index (χ0n) is 18.8. The predicted molar refractivity (Wildman–Crippen MR) is 134 cm³/mol. The zero-order chi connectivity index (χ0) is 24.1. The second kappa shape index (κ2) is 8.46. The minimum Gasteiger partial charge on any atom is -0.387 e. The van der Waals surface area contributed by atoms with Crippen LogP contribution in [0.25, 0.3) is 21.9 Å². The number of methoxy groups -OCH3 is 1. The van der Waals surface area contributed by atoms with E-state index in [2.05, 4.69) is 36.9 Å². The minimum absolute atomic E-state index is 0.318. The lowest BCUT2D eigenvalue weighted by Crippen LogP contribution is -2.48. The van der Waals surface area contributed by atoms with Crippen LogP contribution < -0.4 is 11.5 Å². The molecule has 0 spiro atoms. The Kier molecular flexibility index (Phi) is 5.71. The SMILES string of the molecule is COC[C@]1(CCc2ccc3cc(Br)c(N)nc3c2)CC[C@](O)(n2ccc3c(N)ncnc32)[C@@H]1O. The van der Waals surface area contributed by atoms with Crippen molar-refractivity contribution in [1.29, 1.82) is 0 Å². The Hall–Kier alpha value is -2.79. The van der Waals surface area contributed by atoms with Crippen molar-refractivity contribution in [3.63, 3.8) is 0 Å². The Balaban J connectivity index is 1.44. The highest BCUT2D eigenvalue weighted by Crippen LogP contribution is 2.50. The molecule has 0 aliphatic heterocycles. The van der Waals surface area contributed by atoms with Crippen molar-refractivity contribution in [3.8, 4) is 0 Å². The van der Waals surface area contributed by atoms with Crippen LogP contribution >= 0.6 is 15.9 Å². The smallest absolute Gasteiger partial charge is 0.169 e. The maximum absolute atomic E-state index is 11.7. The van der Waals surface area contributed by atoms with Crippen LogP contribution in [-0.4, -0.2) is 49.6 Å². The van der Waals surface area contributed by atoms with Crippen LogP contribution in [0.2, 0.25) is 0 Å². The van der Waals surface area contributed by atoms with E-state index in [-0.39, 0.29) is 0 Å². The number of nitrogens with two attached hydrogens (primary N) is 2. The molecule has 6 N–H and O–H groups in total. The van der Waals surface area contributed by atoms with E-state index in [1.807, 2.05) is 18.2 Å². The van der Waals surface area contributed by atoms with E-state index < -0.39 is 17.2 Å². The van der Waals surface area contributed by atoms with Gasteiger partial charge in [0.15, 0.2) is 5.72 Å². The van der Waals surface area contributed by atoms with E-state index in [0.29, 0.717) is 55.0 Å². The van der Waals surface area contributed by atoms with Gasteiger partial charge in [0.25, 0.3) is 0 Å². The molecule has 10 heteroatoms. The molecule has 4 aromatic rings. The third-order valence-electron chi connectivity index (χ3n) is 7.14. The zero-order valence-corrected chi connectivity index (χ0v) is 20.4. The molecule has 3 heterocycles. The Morgan fingerprint density at radius 2 is 2.00 bits per heavy atom. The molecule has 1 aromatic carbocycles. The number of ether oxygens (including phenoxy) is 1. The number of aliphatic hydroxyl groups excluding tert-OH is 1. The maximum Gasteiger partial charge on any atom is 0.169 e. The molecule has 1 saturated carbocycles. The summed E-state index contributed by atoms with van der Waals surface area (Å²) in [5, 5.41) is 24.9. The molecule has 5 rings (SSSR count). The first kappa shape index (κ1) is 23.0. The van der Waals surface area contributed by atoms with Gasteiger partial charge in [0.2, 0.25) is 0 Å². The number of pyridine rings is 1.